The van der Waals surface area contributed by atoms with Gasteiger partial charge in [-0.1, -0.05) is 6.58 Å². The molecule has 0 saturated heterocycles. The van der Waals surface area contributed by atoms with E-state index in [1.54, 1.807) is 0 Å². The van der Waals surface area contributed by atoms with Crippen LogP contribution in [-0.4, -0.2) is 48.5 Å². The van der Waals surface area contributed by atoms with E-state index in [0.29, 0.717) is 5.57 Å². The summed E-state index contributed by atoms with van der Waals surface area (Å²) in [5.74, 6) is -0.0581. The summed E-state index contributed by atoms with van der Waals surface area (Å²) >= 11 is 0. The van der Waals surface area contributed by atoms with E-state index in [4.69, 9.17) is 10.5 Å². The second-order valence-electron chi connectivity index (χ2n) is 5.53. The van der Waals surface area contributed by atoms with E-state index in [9.17, 15) is 15.0 Å². The van der Waals surface area contributed by atoms with Gasteiger partial charge in [0.1, 0.15) is 5.60 Å². The van der Waals surface area contributed by atoms with Crippen molar-refractivity contribution in [3.8, 4) is 6.01 Å². The Balaban J connectivity index is 2.27. The van der Waals surface area contributed by atoms with Gasteiger partial charge in [0.25, 0.3) is 11.6 Å². The zero-order valence-corrected chi connectivity index (χ0v) is 12.2. The van der Waals surface area contributed by atoms with Gasteiger partial charge in [-0.25, -0.2) is 0 Å². The number of methoxy groups -OCH3 is 1. The van der Waals surface area contributed by atoms with Crippen LogP contribution in [0.15, 0.2) is 16.9 Å². The van der Waals surface area contributed by atoms with Crippen LogP contribution in [0.5, 0.6) is 6.01 Å². The van der Waals surface area contributed by atoms with Gasteiger partial charge in [0, 0.05) is 6.42 Å². The normalized spacial score (nSPS) is 28.5. The second kappa shape index (κ2) is 4.55. The predicted molar refractivity (Wildman–Crippen MR) is 78.5 cm³/mol. The van der Waals surface area contributed by atoms with Crippen LogP contribution >= 0.6 is 0 Å². The van der Waals surface area contributed by atoms with Crippen LogP contribution in [0.3, 0.4) is 0 Å². The number of aliphatic hydroxyl groups is 2. The summed E-state index contributed by atoms with van der Waals surface area (Å²) in [6, 6.07) is -0.381. The Hall–Kier alpha value is -2.39. The van der Waals surface area contributed by atoms with E-state index in [0.717, 1.165) is 0 Å². The molecule has 1 aliphatic rings. The highest BCUT2D eigenvalue weighted by atomic mass is 16.5. The smallest absolute Gasteiger partial charge is 0.299 e. The molecular formula is C13H17N5O4. The number of ether oxygens (including phenoxy) is 1. The quantitative estimate of drug-likeness (QED) is 0.539. The Bertz CT molecular complexity index is 822. The van der Waals surface area contributed by atoms with Crippen LogP contribution < -0.4 is 16.0 Å². The van der Waals surface area contributed by atoms with Gasteiger partial charge in [0.05, 0.1) is 19.3 Å². The summed E-state index contributed by atoms with van der Waals surface area (Å²) in [6.07, 6.45) is -0.798. The highest BCUT2D eigenvalue weighted by Crippen LogP contribution is 2.44. The maximum atomic E-state index is 11.9. The molecule has 3 atom stereocenters. The lowest BCUT2D eigenvalue weighted by atomic mass is 9.98. The molecule has 1 unspecified atom stereocenters. The van der Waals surface area contributed by atoms with E-state index < -0.39 is 23.3 Å². The number of nitrogens with two attached hydrogens (primary N) is 1. The van der Waals surface area contributed by atoms with Crippen LogP contribution in [-0.2, 0) is 0 Å². The third kappa shape index (κ3) is 1.82. The number of fused-ring (bicyclic) bond motifs is 1. The van der Waals surface area contributed by atoms with E-state index in [2.05, 4.69) is 21.5 Å². The highest BCUT2D eigenvalue weighted by molar-refractivity contribution is 5.73. The van der Waals surface area contributed by atoms with Crippen molar-refractivity contribution in [3.05, 3.63) is 22.5 Å². The Morgan fingerprint density at radius 1 is 1.55 bits per heavy atom. The molecule has 2 aromatic rings. The number of aromatic nitrogens is 4. The molecule has 5 N–H and O–H groups in total. The number of nitrogens with zero attached hydrogens (tertiary/aromatic N) is 3. The van der Waals surface area contributed by atoms with Crippen molar-refractivity contribution in [2.24, 2.45) is 0 Å². The Labute approximate surface area is 125 Å². The fourth-order valence-corrected chi connectivity index (χ4v) is 2.80. The minimum atomic E-state index is -1.45. The van der Waals surface area contributed by atoms with Crippen LogP contribution in [0, 0.1) is 0 Å². The summed E-state index contributed by atoms with van der Waals surface area (Å²) in [5.41, 5.74) is 4.33. The number of aromatic amines is 1. The van der Waals surface area contributed by atoms with E-state index >= 15 is 0 Å². The topological polar surface area (TPSA) is 139 Å². The van der Waals surface area contributed by atoms with E-state index in [-0.39, 0.29) is 29.5 Å². The average Bonchev–Trinajstić information content (AvgIpc) is 2.90. The lowest BCUT2D eigenvalue weighted by Gasteiger charge is -2.23. The summed E-state index contributed by atoms with van der Waals surface area (Å²) in [4.78, 5) is 22.5. The van der Waals surface area contributed by atoms with Gasteiger partial charge in [0.2, 0.25) is 5.95 Å². The van der Waals surface area contributed by atoms with E-state index in [1.807, 2.05) is 0 Å². The van der Waals surface area contributed by atoms with Crippen LogP contribution in [0.25, 0.3) is 11.2 Å². The molecule has 3 rings (SSSR count). The largest absolute Gasteiger partial charge is 0.468 e. The number of imidazole rings is 1. The number of nitrogens with one attached hydrogen (secondary N) is 1. The van der Waals surface area contributed by atoms with Crippen LogP contribution in [0.4, 0.5) is 5.95 Å². The van der Waals surface area contributed by atoms with Gasteiger partial charge in [-0.3, -0.25) is 14.3 Å². The molecule has 22 heavy (non-hydrogen) atoms. The van der Waals surface area contributed by atoms with Crippen molar-refractivity contribution in [3.63, 3.8) is 0 Å². The fraction of sp³-hybridized carbons (Fsp3) is 0.462. The number of aliphatic hydroxyl groups excluding tert-OH is 1. The third-order valence-electron chi connectivity index (χ3n) is 4.18. The number of hydrogen-bond donors (Lipinski definition) is 4. The van der Waals surface area contributed by atoms with Gasteiger partial charge in [-0.2, -0.15) is 9.97 Å². The molecule has 1 aliphatic carbocycles. The van der Waals surface area contributed by atoms with Gasteiger partial charge in [-0.15, -0.1) is 0 Å². The minimum Gasteiger partial charge on any atom is -0.468 e. The first kappa shape index (κ1) is 14.5. The fourth-order valence-electron chi connectivity index (χ4n) is 2.80. The Kier molecular flexibility index (Phi) is 3.01. The molecule has 2 heterocycles. The van der Waals surface area contributed by atoms with Crippen molar-refractivity contribution in [1.82, 2.24) is 19.5 Å². The monoisotopic (exact) mass is 307 g/mol. The molecule has 1 saturated carbocycles. The molecule has 0 amide bonds. The van der Waals surface area contributed by atoms with E-state index in [1.165, 1.54) is 18.6 Å². The van der Waals surface area contributed by atoms with Crippen molar-refractivity contribution >= 4 is 17.1 Å². The first-order chi connectivity index (χ1) is 10.3. The number of rotatable bonds is 2. The number of hydrogen-bond acceptors (Lipinski definition) is 7. The number of H-pyrrole nitrogens is 1. The summed E-state index contributed by atoms with van der Waals surface area (Å²) < 4.78 is 6.73. The van der Waals surface area contributed by atoms with Crippen molar-refractivity contribution in [1.29, 1.82) is 0 Å². The van der Waals surface area contributed by atoms with Crippen molar-refractivity contribution in [2.75, 3.05) is 12.8 Å². The van der Waals surface area contributed by atoms with Crippen molar-refractivity contribution < 1.29 is 14.9 Å². The van der Waals surface area contributed by atoms with Gasteiger partial charge >= 0.3 is 0 Å². The Morgan fingerprint density at radius 2 is 2.23 bits per heavy atom. The van der Waals surface area contributed by atoms with Gasteiger partial charge in [0.15, 0.2) is 11.2 Å². The highest BCUT2D eigenvalue weighted by Gasteiger charge is 2.47. The van der Waals surface area contributed by atoms with Crippen LogP contribution in [0.1, 0.15) is 19.4 Å². The molecule has 0 spiro atoms. The lowest BCUT2D eigenvalue weighted by Crippen LogP contribution is -2.34. The predicted octanol–water partition coefficient (Wildman–Crippen LogP) is -0.677. The van der Waals surface area contributed by atoms with Crippen molar-refractivity contribution in [2.45, 2.75) is 31.1 Å². The zero-order chi connectivity index (χ0) is 16.2. The zero-order valence-electron chi connectivity index (χ0n) is 12.2. The number of anilines is 1. The molecule has 9 nitrogen and oxygen atoms in total. The first-order valence-electron chi connectivity index (χ1n) is 6.68. The molecule has 118 valence electrons. The SMILES string of the molecule is C=C1[C@@H](n2c(OC)nc3c(=O)[nH]c(N)nc32)C[C@H](O)C1(C)O. The molecule has 0 bridgehead atoms. The average molecular weight is 307 g/mol. The molecular weight excluding hydrogens is 290 g/mol. The second-order valence-corrected chi connectivity index (χ2v) is 5.53. The van der Waals surface area contributed by atoms with Gasteiger partial charge < -0.3 is 20.7 Å². The summed E-state index contributed by atoms with van der Waals surface area (Å²) in [5, 5.41) is 20.4. The maximum absolute atomic E-state index is 11.9. The third-order valence-corrected chi connectivity index (χ3v) is 4.18. The summed E-state index contributed by atoms with van der Waals surface area (Å²) in [6.45, 7) is 5.35. The molecule has 9 heteroatoms. The summed E-state index contributed by atoms with van der Waals surface area (Å²) in [7, 11) is 1.40. The number of nitrogen functional groups attached to an aromatic ring is 1. The lowest BCUT2D eigenvalue weighted by molar-refractivity contribution is -0.0154. The van der Waals surface area contributed by atoms with Crippen LogP contribution in [0.2, 0.25) is 0 Å². The molecule has 2 aromatic heterocycles. The standard InChI is InChI=1S/C13H17N5O4/c1-5-6(4-7(19)13(5,2)21)18-9-8(15-12(18)22-3)10(20)17-11(14)16-9/h6-7,19,21H,1,4H2,2-3H3,(H3,14,16,17,20)/t6-,7-,13?/m0/s1. The first-order valence-corrected chi connectivity index (χ1v) is 6.68. The maximum Gasteiger partial charge on any atom is 0.299 e. The Morgan fingerprint density at radius 3 is 2.77 bits per heavy atom. The molecule has 0 aromatic carbocycles. The molecule has 0 aliphatic heterocycles. The molecule has 1 fully saturated rings. The minimum absolute atomic E-state index is 0.0581. The molecule has 0 radical (unpaired) electrons. The van der Waals surface area contributed by atoms with Gasteiger partial charge in [-0.05, 0) is 12.5 Å².